The normalized spacial score (nSPS) is 11.7. The number of benzene rings is 2. The predicted octanol–water partition coefficient (Wildman–Crippen LogP) is 5.89. The number of aryl methyl sites for hydroxylation is 2. The molecule has 0 spiro atoms. The van der Waals surface area contributed by atoms with E-state index in [9.17, 15) is 0 Å². The Bertz CT molecular complexity index is 888. The Hall–Kier alpha value is -2.15. The van der Waals surface area contributed by atoms with E-state index in [1.165, 1.54) is 38.9 Å². The molecule has 0 aliphatic heterocycles. The van der Waals surface area contributed by atoms with Gasteiger partial charge in [-0.3, -0.25) is 0 Å². The van der Waals surface area contributed by atoms with Crippen molar-refractivity contribution in [3.63, 3.8) is 0 Å². The molecule has 0 saturated carbocycles. The number of hydrogen-bond donors (Lipinski definition) is 0. The van der Waals surface area contributed by atoms with Gasteiger partial charge in [0.1, 0.15) is 7.05 Å². The predicted molar refractivity (Wildman–Crippen MR) is 103 cm³/mol. The molecule has 0 aliphatic carbocycles. The molecule has 1 heterocycles. The summed E-state index contributed by atoms with van der Waals surface area (Å²) in [7, 11) is 2.18. The third-order valence-corrected chi connectivity index (χ3v) is 5.07. The van der Waals surface area contributed by atoms with Crippen LogP contribution >= 0.6 is 0 Å². The molecule has 124 valence electrons. The summed E-state index contributed by atoms with van der Waals surface area (Å²) < 4.78 is 2.34. The Morgan fingerprint density at radius 1 is 0.750 bits per heavy atom. The topological polar surface area (TPSA) is 3.88 Å². The van der Waals surface area contributed by atoms with Crippen molar-refractivity contribution in [2.45, 2.75) is 46.5 Å². The van der Waals surface area contributed by atoms with Gasteiger partial charge in [-0.1, -0.05) is 45.9 Å². The van der Waals surface area contributed by atoms with Crippen molar-refractivity contribution in [2.24, 2.45) is 7.05 Å². The minimum absolute atomic E-state index is 0.544. The lowest BCUT2D eigenvalue weighted by Gasteiger charge is -2.12. The quantitative estimate of drug-likeness (QED) is 0.530. The van der Waals surface area contributed by atoms with Crippen LogP contribution in [-0.4, -0.2) is 0 Å². The molecule has 0 saturated heterocycles. The zero-order valence-electron chi connectivity index (χ0n) is 15.7. The van der Waals surface area contributed by atoms with Crippen molar-refractivity contribution in [1.29, 1.82) is 0 Å². The monoisotopic (exact) mass is 318 g/mol. The number of nitrogens with zero attached hydrogens (tertiary/aromatic N) is 1. The summed E-state index contributed by atoms with van der Waals surface area (Å²) in [4.78, 5) is 0. The van der Waals surface area contributed by atoms with E-state index in [0.29, 0.717) is 11.8 Å². The second-order valence-corrected chi connectivity index (χ2v) is 7.48. The van der Waals surface area contributed by atoms with Gasteiger partial charge in [0, 0.05) is 23.1 Å². The average molecular weight is 318 g/mol. The average Bonchev–Trinajstić information content (AvgIpc) is 2.55. The first-order valence-electron chi connectivity index (χ1n) is 8.92. The van der Waals surface area contributed by atoms with Crippen LogP contribution < -0.4 is 4.57 Å². The molecule has 0 aliphatic rings. The first-order chi connectivity index (χ1) is 11.4. The fourth-order valence-electron chi connectivity index (χ4n) is 3.31. The summed E-state index contributed by atoms with van der Waals surface area (Å²) >= 11 is 0. The molecule has 24 heavy (non-hydrogen) atoms. The third kappa shape index (κ3) is 2.96. The summed E-state index contributed by atoms with van der Waals surface area (Å²) in [6.45, 7) is 11.2. The van der Waals surface area contributed by atoms with Crippen molar-refractivity contribution in [2.75, 3.05) is 0 Å². The number of aromatic nitrogens is 1. The molecule has 1 aromatic heterocycles. The lowest BCUT2D eigenvalue weighted by Crippen LogP contribution is -2.32. The lowest BCUT2D eigenvalue weighted by atomic mass is 9.95. The van der Waals surface area contributed by atoms with Crippen LogP contribution in [-0.2, 0) is 7.05 Å². The molecule has 2 aromatic carbocycles. The Balaban J connectivity index is 2.23. The van der Waals surface area contributed by atoms with E-state index in [-0.39, 0.29) is 0 Å². The van der Waals surface area contributed by atoms with Crippen molar-refractivity contribution in [1.82, 2.24) is 0 Å². The Kier molecular flexibility index (Phi) is 4.45. The molecule has 0 fully saturated rings. The number of rotatable bonds is 3. The standard InChI is InChI=1S/C23H28N/c1-15(2)19-8-7-17(5)21(13-19)22-12-11-18-9-10-20(16(3)4)14-23(18)24(22)6/h7-16H,1-6H3/q+1. The second kappa shape index (κ2) is 6.39. The van der Waals surface area contributed by atoms with E-state index in [4.69, 9.17) is 0 Å². The van der Waals surface area contributed by atoms with E-state index in [1.807, 2.05) is 0 Å². The lowest BCUT2D eigenvalue weighted by molar-refractivity contribution is -0.633. The van der Waals surface area contributed by atoms with Crippen molar-refractivity contribution >= 4 is 10.9 Å². The summed E-state index contributed by atoms with van der Waals surface area (Å²) in [5.41, 5.74) is 8.03. The largest absolute Gasteiger partial charge is 0.213 e. The van der Waals surface area contributed by atoms with E-state index in [1.54, 1.807) is 0 Å². The number of fused-ring (bicyclic) bond motifs is 1. The third-order valence-electron chi connectivity index (χ3n) is 5.07. The SMILES string of the molecule is Cc1ccc(C(C)C)cc1-c1ccc2ccc(C(C)C)cc2[n+]1C. The highest BCUT2D eigenvalue weighted by molar-refractivity contribution is 5.79. The van der Waals surface area contributed by atoms with Crippen LogP contribution in [0.5, 0.6) is 0 Å². The minimum atomic E-state index is 0.544. The first kappa shape index (κ1) is 16.7. The molecule has 0 radical (unpaired) electrons. The van der Waals surface area contributed by atoms with Crippen LogP contribution in [0.3, 0.4) is 0 Å². The molecule has 0 N–H and O–H groups in total. The van der Waals surface area contributed by atoms with Crippen LogP contribution in [0.25, 0.3) is 22.2 Å². The maximum atomic E-state index is 2.35. The molecule has 0 atom stereocenters. The highest BCUT2D eigenvalue weighted by Crippen LogP contribution is 2.27. The zero-order chi connectivity index (χ0) is 17.4. The van der Waals surface area contributed by atoms with Crippen LogP contribution in [0.15, 0.2) is 48.5 Å². The van der Waals surface area contributed by atoms with E-state index in [0.717, 1.165) is 0 Å². The number of pyridine rings is 1. The van der Waals surface area contributed by atoms with Gasteiger partial charge in [-0.05, 0) is 53.6 Å². The van der Waals surface area contributed by atoms with Gasteiger partial charge in [0.05, 0.1) is 0 Å². The summed E-state index contributed by atoms with van der Waals surface area (Å²) in [5, 5.41) is 1.29. The van der Waals surface area contributed by atoms with Gasteiger partial charge in [0.25, 0.3) is 0 Å². The van der Waals surface area contributed by atoms with Gasteiger partial charge >= 0.3 is 0 Å². The first-order valence-corrected chi connectivity index (χ1v) is 8.92. The highest BCUT2D eigenvalue weighted by atomic mass is 14.9. The molecule has 3 rings (SSSR count). The molecular weight excluding hydrogens is 290 g/mol. The van der Waals surface area contributed by atoms with E-state index < -0.39 is 0 Å². The molecular formula is C23H28N+. The van der Waals surface area contributed by atoms with E-state index >= 15 is 0 Å². The van der Waals surface area contributed by atoms with Crippen LogP contribution in [0, 0.1) is 6.92 Å². The molecule has 3 aromatic rings. The van der Waals surface area contributed by atoms with Crippen molar-refractivity contribution in [3.05, 3.63) is 65.2 Å². The molecule has 0 bridgehead atoms. The number of hydrogen-bond acceptors (Lipinski definition) is 0. The van der Waals surface area contributed by atoms with Crippen LogP contribution in [0.2, 0.25) is 0 Å². The highest BCUT2D eigenvalue weighted by Gasteiger charge is 2.17. The summed E-state index contributed by atoms with van der Waals surface area (Å²) in [5.74, 6) is 1.09. The zero-order valence-corrected chi connectivity index (χ0v) is 15.7. The minimum Gasteiger partial charge on any atom is -0.194 e. The smallest absolute Gasteiger partial charge is 0.194 e. The van der Waals surface area contributed by atoms with Crippen molar-refractivity contribution < 1.29 is 4.57 Å². The van der Waals surface area contributed by atoms with Gasteiger partial charge in [-0.2, -0.15) is 4.57 Å². The summed E-state index contributed by atoms with van der Waals surface area (Å²) in [6.07, 6.45) is 0. The van der Waals surface area contributed by atoms with Gasteiger partial charge in [-0.15, -0.1) is 0 Å². The molecule has 0 amide bonds. The van der Waals surface area contributed by atoms with Gasteiger partial charge in [-0.25, -0.2) is 0 Å². The molecule has 1 nitrogen and oxygen atoms in total. The Morgan fingerprint density at radius 3 is 2.00 bits per heavy atom. The summed E-state index contributed by atoms with van der Waals surface area (Å²) in [6, 6.07) is 18.2. The van der Waals surface area contributed by atoms with Gasteiger partial charge < -0.3 is 0 Å². The van der Waals surface area contributed by atoms with Crippen molar-refractivity contribution in [3.8, 4) is 11.3 Å². The van der Waals surface area contributed by atoms with Gasteiger partial charge in [0.2, 0.25) is 11.2 Å². The maximum Gasteiger partial charge on any atom is 0.213 e. The Labute approximate surface area is 146 Å². The fraction of sp³-hybridized carbons (Fsp3) is 0.348. The van der Waals surface area contributed by atoms with E-state index in [2.05, 4.69) is 94.8 Å². The van der Waals surface area contributed by atoms with Gasteiger partial charge in [0.15, 0.2) is 0 Å². The molecule has 1 heteroatoms. The van der Waals surface area contributed by atoms with Crippen LogP contribution in [0.1, 0.15) is 56.2 Å². The second-order valence-electron chi connectivity index (χ2n) is 7.48. The maximum absolute atomic E-state index is 2.35. The Morgan fingerprint density at radius 2 is 1.33 bits per heavy atom. The van der Waals surface area contributed by atoms with Crippen LogP contribution in [0.4, 0.5) is 0 Å². The molecule has 0 unspecified atom stereocenters. The fourth-order valence-corrected chi connectivity index (χ4v) is 3.31.